The van der Waals surface area contributed by atoms with E-state index in [9.17, 15) is 18.0 Å². The van der Waals surface area contributed by atoms with Crippen LogP contribution >= 0.6 is 0 Å². The van der Waals surface area contributed by atoms with Crippen molar-refractivity contribution >= 4 is 22.3 Å². The lowest BCUT2D eigenvalue weighted by atomic mass is 10.0. The summed E-state index contributed by atoms with van der Waals surface area (Å²) in [5, 5.41) is 2.37. The van der Waals surface area contributed by atoms with Gasteiger partial charge in [-0.05, 0) is 25.7 Å². The zero-order chi connectivity index (χ0) is 17.5. The normalized spacial score (nSPS) is 31.4. The molecule has 136 valence electrons. The summed E-state index contributed by atoms with van der Waals surface area (Å²) in [5.74, 6) is -0.329. The Hall–Kier alpha value is -1.47. The lowest BCUT2D eigenvalue weighted by Gasteiger charge is -2.34. The molecule has 3 atom stereocenters. The number of hydrazine groups is 1. The Labute approximate surface area is 139 Å². The lowest BCUT2D eigenvalue weighted by molar-refractivity contribution is -0.131. The van der Waals surface area contributed by atoms with Crippen LogP contribution in [0.15, 0.2) is 0 Å². The summed E-state index contributed by atoms with van der Waals surface area (Å²) in [6, 6.07) is -1.96. The van der Waals surface area contributed by atoms with Crippen LogP contribution in [0.2, 0.25) is 0 Å². The SMILES string of the molecule is NC1CCCN(NC(=O)C2CCC3CN2C(=O)N3OS(=O)(=O)O)C1. The minimum absolute atomic E-state index is 0.00172. The molecule has 3 saturated heterocycles. The zero-order valence-electron chi connectivity index (χ0n) is 13.0. The second-order valence-corrected chi connectivity index (χ2v) is 7.34. The molecule has 3 amide bonds. The second kappa shape index (κ2) is 6.44. The Bertz CT molecular complexity index is 627. The van der Waals surface area contributed by atoms with Crippen molar-refractivity contribution in [3.8, 4) is 0 Å². The first-order valence-electron chi connectivity index (χ1n) is 7.82. The smallest absolute Gasteiger partial charge is 0.326 e. The first-order valence-corrected chi connectivity index (χ1v) is 9.19. The number of rotatable bonds is 4. The van der Waals surface area contributed by atoms with Gasteiger partial charge < -0.3 is 10.6 Å². The highest BCUT2D eigenvalue weighted by Gasteiger charge is 2.49. The summed E-state index contributed by atoms with van der Waals surface area (Å²) in [6.45, 7) is 1.42. The van der Waals surface area contributed by atoms with Gasteiger partial charge in [0.2, 0.25) is 0 Å². The number of hydroxylamine groups is 2. The van der Waals surface area contributed by atoms with E-state index < -0.39 is 28.5 Å². The van der Waals surface area contributed by atoms with Crippen molar-refractivity contribution in [2.24, 2.45) is 5.73 Å². The summed E-state index contributed by atoms with van der Waals surface area (Å²) in [5.41, 5.74) is 8.66. The monoisotopic (exact) mass is 363 g/mol. The highest BCUT2D eigenvalue weighted by molar-refractivity contribution is 7.80. The summed E-state index contributed by atoms with van der Waals surface area (Å²) >= 11 is 0. The van der Waals surface area contributed by atoms with E-state index in [-0.39, 0.29) is 18.5 Å². The molecule has 12 heteroatoms. The Balaban J connectivity index is 1.64. The molecule has 3 unspecified atom stereocenters. The lowest BCUT2D eigenvalue weighted by Crippen LogP contribution is -2.57. The van der Waals surface area contributed by atoms with Crippen LogP contribution in [-0.2, 0) is 19.5 Å². The van der Waals surface area contributed by atoms with Crippen LogP contribution in [0.4, 0.5) is 4.79 Å². The summed E-state index contributed by atoms with van der Waals surface area (Å²) in [4.78, 5) is 26.0. The molecule has 0 aromatic rings. The van der Waals surface area contributed by atoms with Gasteiger partial charge in [-0.15, -0.1) is 4.28 Å². The number of nitrogens with two attached hydrogens (primary N) is 1. The van der Waals surface area contributed by atoms with Gasteiger partial charge in [-0.2, -0.15) is 13.5 Å². The first kappa shape index (κ1) is 17.4. The predicted molar refractivity (Wildman–Crippen MR) is 80.3 cm³/mol. The largest absolute Gasteiger partial charge is 0.418 e. The molecule has 0 aromatic carbocycles. The van der Waals surface area contributed by atoms with E-state index in [1.54, 1.807) is 5.01 Å². The van der Waals surface area contributed by atoms with Crippen LogP contribution in [0.5, 0.6) is 0 Å². The van der Waals surface area contributed by atoms with Gasteiger partial charge in [0.15, 0.2) is 0 Å². The average Bonchev–Trinajstić information content (AvgIpc) is 2.71. The molecular weight excluding hydrogens is 342 g/mol. The first-order chi connectivity index (χ1) is 11.2. The Kier molecular flexibility index (Phi) is 4.66. The highest BCUT2D eigenvalue weighted by Crippen LogP contribution is 2.30. The molecule has 0 aromatic heterocycles. The summed E-state index contributed by atoms with van der Waals surface area (Å²) in [7, 11) is -4.79. The van der Waals surface area contributed by atoms with Crippen molar-refractivity contribution in [2.45, 2.75) is 43.8 Å². The third-order valence-electron chi connectivity index (χ3n) is 4.53. The molecule has 3 heterocycles. The molecule has 2 bridgehead atoms. The average molecular weight is 363 g/mol. The van der Waals surface area contributed by atoms with Gasteiger partial charge in [-0.25, -0.2) is 9.80 Å². The van der Waals surface area contributed by atoms with E-state index in [1.165, 1.54) is 4.90 Å². The number of urea groups is 1. The van der Waals surface area contributed by atoms with Gasteiger partial charge in [0.05, 0.1) is 6.04 Å². The van der Waals surface area contributed by atoms with E-state index in [0.29, 0.717) is 31.0 Å². The van der Waals surface area contributed by atoms with Gasteiger partial charge in [0, 0.05) is 25.7 Å². The van der Waals surface area contributed by atoms with Crippen molar-refractivity contribution in [2.75, 3.05) is 19.6 Å². The van der Waals surface area contributed by atoms with E-state index >= 15 is 0 Å². The van der Waals surface area contributed by atoms with Gasteiger partial charge in [-0.3, -0.25) is 14.8 Å². The summed E-state index contributed by atoms with van der Waals surface area (Å²) < 4.78 is 34.8. The maximum atomic E-state index is 12.5. The number of hydrogen-bond donors (Lipinski definition) is 3. The molecule has 0 aliphatic carbocycles. The molecular formula is C12H21N5O6S. The fourth-order valence-electron chi connectivity index (χ4n) is 3.45. The van der Waals surface area contributed by atoms with Gasteiger partial charge in [0.1, 0.15) is 6.04 Å². The number of piperidine rings is 2. The molecule has 24 heavy (non-hydrogen) atoms. The molecule has 3 aliphatic rings. The molecule has 11 nitrogen and oxygen atoms in total. The third-order valence-corrected chi connectivity index (χ3v) is 4.88. The molecule has 3 aliphatic heterocycles. The van der Waals surface area contributed by atoms with Crippen LogP contribution in [0.25, 0.3) is 0 Å². The highest BCUT2D eigenvalue weighted by atomic mass is 32.3. The topological polar surface area (TPSA) is 146 Å². The van der Waals surface area contributed by atoms with E-state index in [0.717, 1.165) is 12.8 Å². The molecule has 3 fully saturated rings. The van der Waals surface area contributed by atoms with Crippen molar-refractivity contribution in [1.82, 2.24) is 20.4 Å². The van der Waals surface area contributed by atoms with E-state index in [2.05, 4.69) is 9.71 Å². The maximum Gasteiger partial charge on any atom is 0.418 e. The third kappa shape index (κ3) is 3.62. The fourth-order valence-corrected chi connectivity index (χ4v) is 3.83. The van der Waals surface area contributed by atoms with Crippen molar-refractivity contribution in [3.63, 3.8) is 0 Å². The number of amides is 3. The van der Waals surface area contributed by atoms with Crippen molar-refractivity contribution in [3.05, 3.63) is 0 Å². The van der Waals surface area contributed by atoms with Gasteiger partial charge in [0.25, 0.3) is 5.91 Å². The molecule has 3 rings (SSSR count). The second-order valence-electron chi connectivity index (χ2n) is 6.33. The van der Waals surface area contributed by atoms with E-state index in [4.69, 9.17) is 10.3 Å². The van der Waals surface area contributed by atoms with Crippen LogP contribution in [0.1, 0.15) is 25.7 Å². The number of nitrogens with one attached hydrogen (secondary N) is 1. The van der Waals surface area contributed by atoms with Crippen molar-refractivity contribution in [1.29, 1.82) is 0 Å². The standard InChI is InChI=1S/C12H21N5O6S/c13-8-2-1-5-15(6-8)14-11(18)10-4-3-9-7-16(10)12(19)17(9)23-24(20,21)22/h8-10H,1-7,13H2,(H,14,18)(H,20,21,22). The Morgan fingerprint density at radius 3 is 2.71 bits per heavy atom. The predicted octanol–water partition coefficient (Wildman–Crippen LogP) is -1.56. The minimum atomic E-state index is -4.79. The van der Waals surface area contributed by atoms with Gasteiger partial charge >= 0.3 is 16.4 Å². The fraction of sp³-hybridized carbons (Fsp3) is 0.833. The number of nitrogens with zero attached hydrogens (tertiary/aromatic N) is 3. The minimum Gasteiger partial charge on any atom is -0.326 e. The van der Waals surface area contributed by atoms with Crippen LogP contribution < -0.4 is 11.2 Å². The zero-order valence-corrected chi connectivity index (χ0v) is 13.8. The van der Waals surface area contributed by atoms with E-state index in [1.807, 2.05) is 0 Å². The Morgan fingerprint density at radius 1 is 1.29 bits per heavy atom. The molecule has 0 saturated carbocycles. The van der Waals surface area contributed by atoms with Gasteiger partial charge in [-0.1, -0.05) is 0 Å². The number of fused-ring (bicyclic) bond motifs is 2. The molecule has 4 N–H and O–H groups in total. The van der Waals surface area contributed by atoms with Crippen molar-refractivity contribution < 1.29 is 26.8 Å². The maximum absolute atomic E-state index is 12.5. The summed E-state index contributed by atoms with van der Waals surface area (Å²) in [6.07, 6.45) is 2.57. The number of carbonyl (C=O) groups excluding carboxylic acids is 2. The number of carbonyl (C=O) groups is 2. The molecule has 0 spiro atoms. The van der Waals surface area contributed by atoms with Crippen LogP contribution in [0.3, 0.4) is 0 Å². The quantitative estimate of drug-likeness (QED) is 0.509. The number of hydrogen-bond acceptors (Lipinski definition) is 7. The van der Waals surface area contributed by atoms with Crippen LogP contribution in [0, 0.1) is 0 Å². The van der Waals surface area contributed by atoms with Crippen LogP contribution in [-0.4, -0.2) is 77.6 Å². The molecule has 0 radical (unpaired) electrons. The Morgan fingerprint density at radius 2 is 2.04 bits per heavy atom.